The maximum absolute atomic E-state index is 6.09. The van der Waals surface area contributed by atoms with Crippen molar-refractivity contribution < 1.29 is 4.74 Å². The van der Waals surface area contributed by atoms with Gasteiger partial charge in [-0.1, -0.05) is 11.6 Å². The number of rotatable bonds is 2. The van der Waals surface area contributed by atoms with Crippen LogP contribution in [0.25, 0.3) is 10.1 Å². The zero-order chi connectivity index (χ0) is 11.8. The molecule has 1 aliphatic heterocycles. The molecule has 1 aliphatic rings. The number of hydrogen-bond donors (Lipinski definition) is 1. The average molecular weight is 268 g/mol. The number of likely N-dealkylation sites (N-methyl/N-ethyl adjacent to an activating group) is 1. The quantitative estimate of drug-likeness (QED) is 0.901. The van der Waals surface area contributed by atoms with E-state index in [-0.39, 0.29) is 6.10 Å². The molecular weight excluding hydrogens is 254 g/mol. The summed E-state index contributed by atoms with van der Waals surface area (Å²) in [6.45, 7) is 1.67. The number of halogens is 1. The van der Waals surface area contributed by atoms with E-state index in [9.17, 15) is 0 Å². The van der Waals surface area contributed by atoms with Gasteiger partial charge in [0, 0.05) is 38.5 Å². The van der Waals surface area contributed by atoms with E-state index in [0.717, 1.165) is 24.6 Å². The average Bonchev–Trinajstić information content (AvgIpc) is 2.68. The molecule has 2 nitrogen and oxygen atoms in total. The first-order chi connectivity index (χ1) is 8.29. The lowest BCUT2D eigenvalue weighted by Crippen LogP contribution is -2.24. The lowest BCUT2D eigenvalue weighted by molar-refractivity contribution is 0.0462. The molecule has 0 spiro atoms. The van der Waals surface area contributed by atoms with Crippen LogP contribution in [0.4, 0.5) is 0 Å². The maximum Gasteiger partial charge on any atom is 0.0965 e. The summed E-state index contributed by atoms with van der Waals surface area (Å²) in [5.41, 5.74) is 1.34. The largest absolute Gasteiger partial charge is 0.372 e. The van der Waals surface area contributed by atoms with Gasteiger partial charge in [0.25, 0.3) is 0 Å². The van der Waals surface area contributed by atoms with Gasteiger partial charge >= 0.3 is 0 Å². The van der Waals surface area contributed by atoms with E-state index >= 15 is 0 Å². The van der Waals surface area contributed by atoms with Crippen LogP contribution >= 0.6 is 22.9 Å². The van der Waals surface area contributed by atoms with E-state index in [2.05, 4.69) is 17.4 Å². The van der Waals surface area contributed by atoms with Crippen molar-refractivity contribution in [3.05, 3.63) is 33.7 Å². The molecule has 0 saturated heterocycles. The second-order valence-corrected chi connectivity index (χ2v) is 5.82. The summed E-state index contributed by atoms with van der Waals surface area (Å²) < 4.78 is 7.16. The minimum absolute atomic E-state index is 0.163. The lowest BCUT2D eigenvalue weighted by Gasteiger charge is -2.23. The van der Waals surface area contributed by atoms with Gasteiger partial charge in [-0.25, -0.2) is 0 Å². The van der Waals surface area contributed by atoms with Gasteiger partial charge in [0.2, 0.25) is 0 Å². The number of nitrogens with one attached hydrogen (secondary N) is 1. The number of ether oxygens (including phenoxy) is 1. The summed E-state index contributed by atoms with van der Waals surface area (Å²) in [6.07, 6.45) is 1.18. The predicted molar refractivity (Wildman–Crippen MR) is 73.2 cm³/mol. The lowest BCUT2D eigenvalue weighted by atomic mass is 10.0. The summed E-state index contributed by atoms with van der Waals surface area (Å²) in [6, 6.07) is 6.13. The molecule has 4 heteroatoms. The van der Waals surface area contributed by atoms with Gasteiger partial charge in [0.05, 0.1) is 12.7 Å². The van der Waals surface area contributed by atoms with Crippen molar-refractivity contribution >= 4 is 33.0 Å². The molecule has 0 fully saturated rings. The van der Waals surface area contributed by atoms with Gasteiger partial charge in [-0.15, -0.1) is 11.3 Å². The van der Waals surface area contributed by atoms with Gasteiger partial charge in [-0.05, 0) is 25.2 Å². The molecule has 1 N–H and O–H groups in total. The summed E-state index contributed by atoms with van der Waals surface area (Å²) in [5, 5.41) is 5.25. The van der Waals surface area contributed by atoms with Crippen LogP contribution < -0.4 is 5.32 Å². The fraction of sp³-hybridized carbons (Fsp3) is 0.385. The van der Waals surface area contributed by atoms with Crippen molar-refractivity contribution in [2.24, 2.45) is 0 Å². The summed E-state index contributed by atoms with van der Waals surface area (Å²) in [5.74, 6) is 0. The first-order valence-electron chi connectivity index (χ1n) is 5.76. The van der Waals surface area contributed by atoms with Gasteiger partial charge in [0.15, 0.2) is 0 Å². The second-order valence-electron chi connectivity index (χ2n) is 4.25. The zero-order valence-electron chi connectivity index (χ0n) is 9.63. The summed E-state index contributed by atoms with van der Waals surface area (Å²) >= 11 is 7.96. The van der Waals surface area contributed by atoms with E-state index in [1.165, 1.54) is 20.5 Å². The molecular formula is C13H14ClNOS. The normalized spacial score (nSPS) is 19.5. The van der Waals surface area contributed by atoms with Gasteiger partial charge < -0.3 is 10.1 Å². The Balaban J connectivity index is 2.18. The number of hydrogen-bond acceptors (Lipinski definition) is 3. The topological polar surface area (TPSA) is 21.3 Å². The monoisotopic (exact) mass is 267 g/mol. The smallest absolute Gasteiger partial charge is 0.0965 e. The Kier molecular flexibility index (Phi) is 3.09. The van der Waals surface area contributed by atoms with Crippen molar-refractivity contribution in [3.8, 4) is 0 Å². The highest BCUT2D eigenvalue weighted by molar-refractivity contribution is 7.19. The van der Waals surface area contributed by atoms with Crippen LogP contribution in [0.1, 0.15) is 16.5 Å². The third kappa shape index (κ3) is 1.97. The molecule has 90 valence electrons. The van der Waals surface area contributed by atoms with E-state index < -0.39 is 0 Å². The van der Waals surface area contributed by atoms with Crippen molar-refractivity contribution in [1.82, 2.24) is 5.32 Å². The van der Waals surface area contributed by atoms with Crippen LogP contribution in [-0.4, -0.2) is 20.2 Å². The molecule has 1 aromatic heterocycles. The number of benzene rings is 1. The molecule has 0 aliphatic carbocycles. The fourth-order valence-corrected chi connectivity index (χ4v) is 3.79. The Morgan fingerprint density at radius 1 is 1.53 bits per heavy atom. The van der Waals surface area contributed by atoms with Gasteiger partial charge in [-0.2, -0.15) is 0 Å². The van der Waals surface area contributed by atoms with E-state index in [1.807, 2.05) is 24.5 Å². The molecule has 1 aromatic carbocycles. The van der Waals surface area contributed by atoms with Crippen molar-refractivity contribution in [3.63, 3.8) is 0 Å². The summed E-state index contributed by atoms with van der Waals surface area (Å²) in [4.78, 5) is 1.45. The Bertz CT molecular complexity index is 552. The molecule has 3 rings (SSSR count). The maximum atomic E-state index is 6.09. The Morgan fingerprint density at radius 2 is 2.41 bits per heavy atom. The molecule has 0 saturated carbocycles. The molecule has 1 unspecified atom stereocenters. The standard InChI is InChI=1S/C13H14ClNOS/c1-15-7-10-13-9-6-8(14)2-3-11(9)17-12(13)4-5-16-10/h2-3,6,10,15H,4-5,7H2,1H3. The second kappa shape index (κ2) is 4.58. The first-order valence-corrected chi connectivity index (χ1v) is 6.96. The molecule has 1 atom stereocenters. The number of thiophene rings is 1. The third-order valence-corrected chi connectivity index (χ3v) is 4.61. The molecule has 0 bridgehead atoms. The van der Waals surface area contributed by atoms with Crippen LogP contribution in [0, 0.1) is 0 Å². The highest BCUT2D eigenvalue weighted by Gasteiger charge is 2.25. The predicted octanol–water partition coefficient (Wildman–Crippen LogP) is 3.39. The van der Waals surface area contributed by atoms with Crippen molar-refractivity contribution in [2.75, 3.05) is 20.2 Å². The third-order valence-electron chi connectivity index (χ3n) is 3.13. The van der Waals surface area contributed by atoms with Gasteiger partial charge in [-0.3, -0.25) is 0 Å². The van der Waals surface area contributed by atoms with Gasteiger partial charge in [0.1, 0.15) is 0 Å². The Labute approximate surface area is 110 Å². The highest BCUT2D eigenvalue weighted by Crippen LogP contribution is 2.40. The van der Waals surface area contributed by atoms with Crippen LogP contribution in [-0.2, 0) is 11.2 Å². The van der Waals surface area contributed by atoms with E-state index in [4.69, 9.17) is 16.3 Å². The van der Waals surface area contributed by atoms with Crippen LogP contribution in [0.2, 0.25) is 5.02 Å². The Hall–Kier alpha value is -0.610. The Morgan fingerprint density at radius 3 is 3.24 bits per heavy atom. The van der Waals surface area contributed by atoms with Crippen molar-refractivity contribution in [2.45, 2.75) is 12.5 Å². The van der Waals surface area contributed by atoms with Crippen LogP contribution in [0.15, 0.2) is 18.2 Å². The summed E-state index contributed by atoms with van der Waals surface area (Å²) in [7, 11) is 1.96. The molecule has 17 heavy (non-hydrogen) atoms. The van der Waals surface area contributed by atoms with Crippen LogP contribution in [0.5, 0.6) is 0 Å². The zero-order valence-corrected chi connectivity index (χ0v) is 11.2. The molecule has 2 heterocycles. The number of fused-ring (bicyclic) bond motifs is 3. The SMILES string of the molecule is CNCC1OCCc2sc3ccc(Cl)cc3c21. The molecule has 0 amide bonds. The molecule has 0 radical (unpaired) electrons. The van der Waals surface area contributed by atoms with Crippen LogP contribution in [0.3, 0.4) is 0 Å². The highest BCUT2D eigenvalue weighted by atomic mass is 35.5. The van der Waals surface area contributed by atoms with E-state index in [0.29, 0.717) is 0 Å². The van der Waals surface area contributed by atoms with Crippen molar-refractivity contribution in [1.29, 1.82) is 0 Å². The fourth-order valence-electron chi connectivity index (χ4n) is 2.40. The first kappa shape index (κ1) is 11.5. The molecule has 2 aromatic rings. The minimum atomic E-state index is 0.163. The van der Waals surface area contributed by atoms with E-state index in [1.54, 1.807) is 0 Å². The minimum Gasteiger partial charge on any atom is -0.372 e.